The number of piperazine rings is 1. The third kappa shape index (κ3) is 6.41. The summed E-state index contributed by atoms with van der Waals surface area (Å²) in [5.74, 6) is -0.220. The van der Waals surface area contributed by atoms with Crippen molar-refractivity contribution in [1.29, 1.82) is 0 Å². The van der Waals surface area contributed by atoms with Gasteiger partial charge in [0, 0.05) is 32.7 Å². The van der Waals surface area contributed by atoms with Gasteiger partial charge in [0.2, 0.25) is 0 Å². The Balaban J connectivity index is -0.000000750. The van der Waals surface area contributed by atoms with E-state index in [1.54, 1.807) is 0 Å². The Kier molecular flexibility index (Phi) is 15.9. The Bertz CT molecular complexity index is 215. The zero-order valence-corrected chi connectivity index (χ0v) is 13.3. The fourth-order valence-corrected chi connectivity index (χ4v) is 1.92. The highest BCUT2D eigenvalue weighted by Gasteiger charge is 2.27. The highest BCUT2D eigenvalue weighted by molar-refractivity contribution is 5.86. The van der Waals surface area contributed by atoms with E-state index >= 15 is 0 Å². The van der Waals surface area contributed by atoms with E-state index in [9.17, 15) is 4.79 Å². The number of carbonyl (C=O) groups is 1. The van der Waals surface area contributed by atoms with Gasteiger partial charge in [-0.1, -0.05) is 6.92 Å². The summed E-state index contributed by atoms with van der Waals surface area (Å²) in [7, 11) is 1.41. The molecular weight excluding hydrogens is 300 g/mol. The van der Waals surface area contributed by atoms with E-state index < -0.39 is 0 Å². The molecule has 8 heteroatoms. The first-order valence-corrected chi connectivity index (χ1v) is 5.47. The summed E-state index contributed by atoms with van der Waals surface area (Å²) in [4.78, 5) is 15.9. The van der Waals surface area contributed by atoms with E-state index in [-0.39, 0.29) is 49.2 Å². The molecule has 2 N–H and O–H groups in total. The zero-order chi connectivity index (χ0) is 11.3. The van der Waals surface area contributed by atoms with Crippen molar-refractivity contribution in [2.45, 2.75) is 13.0 Å². The van der Waals surface area contributed by atoms with Crippen LogP contribution in [-0.4, -0.2) is 68.2 Å². The van der Waals surface area contributed by atoms with Crippen molar-refractivity contribution in [3.63, 3.8) is 0 Å². The van der Waals surface area contributed by atoms with Gasteiger partial charge in [0.15, 0.2) is 0 Å². The Morgan fingerprint density at radius 2 is 1.72 bits per heavy atom. The molecule has 1 saturated heterocycles. The minimum absolute atomic E-state index is 0. The number of rotatable bonds is 4. The highest BCUT2D eigenvalue weighted by Crippen LogP contribution is 2.06. The summed E-state index contributed by atoms with van der Waals surface area (Å²) in [6, 6.07) is -0.269. The number of ether oxygens (including phenoxy) is 1. The van der Waals surface area contributed by atoms with Gasteiger partial charge in [0.25, 0.3) is 0 Å². The molecular formula is C10H24Cl3N3O2. The number of hydrogen-bond acceptors (Lipinski definition) is 5. The Hall–Kier alpha value is 0.220. The molecule has 5 nitrogen and oxygen atoms in total. The minimum atomic E-state index is -0.269. The molecule has 1 fully saturated rings. The lowest BCUT2D eigenvalue weighted by Gasteiger charge is -2.37. The average Bonchev–Trinajstić information content (AvgIpc) is 2.30. The fourth-order valence-electron chi connectivity index (χ4n) is 1.92. The summed E-state index contributed by atoms with van der Waals surface area (Å²) in [6.45, 7) is 7.35. The Morgan fingerprint density at radius 1 is 1.22 bits per heavy atom. The quantitative estimate of drug-likeness (QED) is 0.758. The lowest BCUT2D eigenvalue weighted by molar-refractivity contribution is -0.147. The molecule has 0 aromatic heterocycles. The van der Waals surface area contributed by atoms with E-state index in [0.717, 1.165) is 32.7 Å². The number of halogens is 3. The number of likely N-dealkylation sites (N-methyl/N-ethyl adjacent to an activating group) is 1. The lowest BCUT2D eigenvalue weighted by atomic mass is 10.2. The molecule has 0 bridgehead atoms. The maximum absolute atomic E-state index is 11.4. The van der Waals surface area contributed by atoms with Crippen LogP contribution in [0.1, 0.15) is 6.92 Å². The molecule has 0 unspecified atom stereocenters. The first-order chi connectivity index (χ1) is 7.22. The average molecular weight is 325 g/mol. The zero-order valence-electron chi connectivity index (χ0n) is 10.8. The number of nitrogens with two attached hydrogens (primary N) is 1. The standard InChI is InChI=1S/C10H21N3O2.3ClH/c1-3-12-4-6-13(7-5-12)9(8-11)10(14)15-2;;;/h9H,3-8,11H2,1-2H3;3*1H/t9-;;;/m0.../s1. The molecule has 0 saturated carbocycles. The minimum Gasteiger partial charge on any atom is -0.468 e. The van der Waals surface area contributed by atoms with Gasteiger partial charge < -0.3 is 15.4 Å². The summed E-state index contributed by atoms with van der Waals surface area (Å²) >= 11 is 0. The van der Waals surface area contributed by atoms with Crippen LogP contribution < -0.4 is 5.73 Å². The van der Waals surface area contributed by atoms with Crippen molar-refractivity contribution < 1.29 is 9.53 Å². The largest absolute Gasteiger partial charge is 0.468 e. The van der Waals surface area contributed by atoms with Gasteiger partial charge in [0.05, 0.1) is 7.11 Å². The second kappa shape index (κ2) is 12.3. The molecule has 1 atom stereocenters. The molecule has 1 heterocycles. The van der Waals surface area contributed by atoms with Crippen molar-refractivity contribution in [2.75, 3.05) is 46.4 Å². The normalized spacial score (nSPS) is 17.7. The molecule has 0 spiro atoms. The van der Waals surface area contributed by atoms with Crippen molar-refractivity contribution >= 4 is 43.2 Å². The number of methoxy groups -OCH3 is 1. The van der Waals surface area contributed by atoms with Crippen LogP contribution in [0.5, 0.6) is 0 Å². The van der Waals surface area contributed by atoms with Crippen LogP contribution in [0.2, 0.25) is 0 Å². The maximum atomic E-state index is 11.4. The Labute approximate surface area is 128 Å². The van der Waals surface area contributed by atoms with E-state index in [2.05, 4.69) is 16.7 Å². The highest BCUT2D eigenvalue weighted by atomic mass is 35.5. The summed E-state index contributed by atoms with van der Waals surface area (Å²) in [5.41, 5.74) is 5.59. The molecule has 1 rings (SSSR count). The van der Waals surface area contributed by atoms with Gasteiger partial charge in [-0.3, -0.25) is 9.69 Å². The summed E-state index contributed by atoms with van der Waals surface area (Å²) in [5, 5.41) is 0. The second-order valence-electron chi connectivity index (χ2n) is 3.74. The van der Waals surface area contributed by atoms with Crippen molar-refractivity contribution in [3.05, 3.63) is 0 Å². The smallest absolute Gasteiger partial charge is 0.324 e. The summed E-state index contributed by atoms with van der Waals surface area (Å²) < 4.78 is 4.74. The van der Waals surface area contributed by atoms with Crippen LogP contribution in [0.4, 0.5) is 0 Å². The van der Waals surface area contributed by atoms with Gasteiger partial charge >= 0.3 is 5.97 Å². The van der Waals surface area contributed by atoms with Crippen LogP contribution in [0, 0.1) is 0 Å². The second-order valence-corrected chi connectivity index (χ2v) is 3.74. The van der Waals surface area contributed by atoms with Crippen LogP contribution in [0.15, 0.2) is 0 Å². The van der Waals surface area contributed by atoms with E-state index in [1.165, 1.54) is 7.11 Å². The SMILES string of the molecule is CCN1CCN([C@@H](CN)C(=O)OC)CC1.Cl.Cl.Cl. The van der Waals surface area contributed by atoms with Crippen LogP contribution in [-0.2, 0) is 9.53 Å². The predicted octanol–water partition coefficient (Wildman–Crippen LogP) is 0.390. The van der Waals surface area contributed by atoms with E-state index in [4.69, 9.17) is 10.5 Å². The fraction of sp³-hybridized carbons (Fsp3) is 0.900. The third-order valence-corrected chi connectivity index (χ3v) is 2.99. The first kappa shape index (κ1) is 23.3. The van der Waals surface area contributed by atoms with Crippen molar-refractivity contribution in [2.24, 2.45) is 5.73 Å². The molecule has 112 valence electrons. The van der Waals surface area contributed by atoms with Gasteiger partial charge in [-0.2, -0.15) is 0 Å². The monoisotopic (exact) mass is 323 g/mol. The molecule has 1 aliphatic rings. The van der Waals surface area contributed by atoms with Gasteiger partial charge in [-0.25, -0.2) is 0 Å². The molecule has 0 aromatic rings. The number of nitrogens with zero attached hydrogens (tertiary/aromatic N) is 2. The molecule has 0 aromatic carbocycles. The van der Waals surface area contributed by atoms with Crippen LogP contribution >= 0.6 is 37.2 Å². The van der Waals surface area contributed by atoms with Crippen LogP contribution in [0.25, 0.3) is 0 Å². The lowest BCUT2D eigenvalue weighted by Crippen LogP contribution is -2.55. The van der Waals surface area contributed by atoms with E-state index in [1.807, 2.05) is 0 Å². The van der Waals surface area contributed by atoms with E-state index in [0.29, 0.717) is 6.54 Å². The number of carbonyl (C=O) groups excluding carboxylic acids is 1. The summed E-state index contributed by atoms with van der Waals surface area (Å²) in [6.07, 6.45) is 0. The molecule has 0 amide bonds. The van der Waals surface area contributed by atoms with Gasteiger partial charge in [0.1, 0.15) is 6.04 Å². The third-order valence-electron chi connectivity index (χ3n) is 2.99. The van der Waals surface area contributed by atoms with Crippen molar-refractivity contribution in [1.82, 2.24) is 9.80 Å². The van der Waals surface area contributed by atoms with Gasteiger partial charge in [-0.05, 0) is 6.54 Å². The Morgan fingerprint density at radius 3 is 2.06 bits per heavy atom. The van der Waals surface area contributed by atoms with Crippen molar-refractivity contribution in [3.8, 4) is 0 Å². The topological polar surface area (TPSA) is 58.8 Å². The maximum Gasteiger partial charge on any atom is 0.324 e. The van der Waals surface area contributed by atoms with Gasteiger partial charge in [-0.15, -0.1) is 37.2 Å². The molecule has 18 heavy (non-hydrogen) atoms. The first-order valence-electron chi connectivity index (χ1n) is 5.47. The number of hydrogen-bond donors (Lipinski definition) is 1. The number of esters is 1. The molecule has 0 radical (unpaired) electrons. The molecule has 0 aliphatic carbocycles. The predicted molar refractivity (Wildman–Crippen MR) is 80.3 cm³/mol. The molecule has 1 aliphatic heterocycles. The van der Waals surface area contributed by atoms with Crippen LogP contribution in [0.3, 0.4) is 0 Å².